The molecule has 0 aliphatic heterocycles. The zero-order chi connectivity index (χ0) is 13.4. The zero-order valence-electron chi connectivity index (χ0n) is 10.8. The molecule has 0 heterocycles. The van der Waals surface area contributed by atoms with Crippen LogP contribution in [0.1, 0.15) is 25.3 Å². The van der Waals surface area contributed by atoms with E-state index in [-0.39, 0.29) is 14.7 Å². The van der Waals surface area contributed by atoms with E-state index in [1.807, 2.05) is 18.2 Å². The second-order valence-electron chi connectivity index (χ2n) is 4.35. The van der Waals surface area contributed by atoms with Gasteiger partial charge in [0.2, 0.25) is 0 Å². The molecule has 0 spiro atoms. The number of halogens is 1. The average molecular weight is 290 g/mol. The van der Waals surface area contributed by atoms with Gasteiger partial charge in [0, 0.05) is 14.6 Å². The number of hydrogen-bond donors (Lipinski definition) is 2. The Bertz CT molecular complexity index is 352. The first-order valence-electron chi connectivity index (χ1n) is 6.11. The number of nitrogens with one attached hydrogen (secondary N) is 1. The van der Waals surface area contributed by atoms with Crippen LogP contribution in [0.3, 0.4) is 0 Å². The number of aliphatic hydroxyl groups is 1. The Morgan fingerprint density at radius 2 is 2.11 bits per heavy atom. The summed E-state index contributed by atoms with van der Waals surface area (Å²) in [7, 11) is 0.256. The Hall–Kier alpha value is -0.340. The van der Waals surface area contributed by atoms with Gasteiger partial charge in [0.05, 0.1) is 6.61 Å². The van der Waals surface area contributed by atoms with Crippen LogP contribution in [0.25, 0.3) is 0 Å². The van der Waals surface area contributed by atoms with Crippen LogP contribution in [-0.2, 0) is 0 Å². The van der Waals surface area contributed by atoms with Crippen LogP contribution < -0.4 is 9.82 Å². The third-order valence-corrected chi connectivity index (χ3v) is 3.84. The minimum atomic E-state index is 0.0349. The molecule has 2 N–H and O–H groups in total. The van der Waals surface area contributed by atoms with Crippen molar-refractivity contribution in [3.8, 4) is 5.75 Å². The van der Waals surface area contributed by atoms with Crippen molar-refractivity contribution in [3.63, 3.8) is 0 Å². The molecule has 0 amide bonds. The second kappa shape index (κ2) is 8.71. The molecule has 0 saturated heterocycles. The lowest BCUT2D eigenvalue weighted by Crippen LogP contribution is -2.18. The van der Waals surface area contributed by atoms with Crippen LogP contribution in [-0.4, -0.2) is 24.9 Å². The Balaban J connectivity index is 2.73. The molecule has 0 fully saturated rings. The lowest BCUT2D eigenvalue weighted by Gasteiger charge is -2.22. The highest BCUT2D eigenvalue weighted by molar-refractivity contribution is 7.66. The van der Waals surface area contributed by atoms with Crippen molar-refractivity contribution in [2.75, 3.05) is 19.8 Å². The molecule has 1 rings (SSSR count). The fourth-order valence-electron chi connectivity index (χ4n) is 1.83. The number of para-hydroxylation sites is 1. The van der Waals surface area contributed by atoms with Gasteiger partial charge in [-0.1, -0.05) is 43.3 Å². The smallest absolute Gasteiger partial charge is 0.122 e. The molecule has 18 heavy (non-hydrogen) atoms. The topological polar surface area (TPSA) is 41.5 Å². The summed E-state index contributed by atoms with van der Waals surface area (Å²) in [5.41, 5.74) is 1.18. The Morgan fingerprint density at radius 3 is 2.78 bits per heavy atom. The largest absolute Gasteiger partial charge is 0.491 e. The zero-order valence-corrected chi connectivity index (χ0v) is 12.6. The van der Waals surface area contributed by atoms with Gasteiger partial charge >= 0.3 is 0 Å². The molecule has 1 aromatic rings. The maximum atomic E-state index is 8.83. The molecular weight excluding hydrogens is 269 g/mol. The van der Waals surface area contributed by atoms with Gasteiger partial charge in [-0.2, -0.15) is 0 Å². The SMILES string of the molecule is CC(CNPCl)C(C)c1ccccc1OCCO. The van der Waals surface area contributed by atoms with Crippen LogP contribution in [0.5, 0.6) is 5.75 Å². The molecule has 0 radical (unpaired) electrons. The fourth-order valence-corrected chi connectivity index (χ4v) is 2.46. The normalized spacial score (nSPS) is 14.9. The average Bonchev–Trinajstić information content (AvgIpc) is 2.42. The summed E-state index contributed by atoms with van der Waals surface area (Å²) in [5.74, 6) is 1.70. The monoisotopic (exact) mass is 289 g/mol. The second-order valence-corrected chi connectivity index (χ2v) is 5.46. The Morgan fingerprint density at radius 1 is 1.39 bits per heavy atom. The third kappa shape index (κ3) is 4.74. The third-order valence-electron chi connectivity index (χ3n) is 3.10. The van der Waals surface area contributed by atoms with Crippen molar-refractivity contribution in [1.82, 2.24) is 5.09 Å². The lowest BCUT2D eigenvalue weighted by molar-refractivity contribution is 0.199. The molecule has 3 nitrogen and oxygen atoms in total. The van der Waals surface area contributed by atoms with E-state index in [0.29, 0.717) is 18.4 Å². The van der Waals surface area contributed by atoms with Crippen molar-refractivity contribution >= 4 is 19.3 Å². The van der Waals surface area contributed by atoms with Crippen molar-refractivity contribution < 1.29 is 9.84 Å². The van der Waals surface area contributed by atoms with Gasteiger partial charge in [-0.05, 0) is 23.5 Å². The summed E-state index contributed by atoms with van der Waals surface area (Å²) in [6.45, 7) is 5.63. The van der Waals surface area contributed by atoms with Gasteiger partial charge in [-0.25, -0.2) is 0 Å². The highest BCUT2D eigenvalue weighted by Gasteiger charge is 2.17. The summed E-state index contributed by atoms with van der Waals surface area (Å²) in [6.07, 6.45) is 0. The Labute approximate surface area is 116 Å². The van der Waals surface area contributed by atoms with Crippen LogP contribution >= 0.6 is 19.3 Å². The quantitative estimate of drug-likeness (QED) is 0.723. The highest BCUT2D eigenvalue weighted by atomic mass is 35.7. The summed E-state index contributed by atoms with van der Waals surface area (Å²) < 4.78 is 5.57. The summed E-state index contributed by atoms with van der Waals surface area (Å²) in [4.78, 5) is 0. The minimum Gasteiger partial charge on any atom is -0.491 e. The summed E-state index contributed by atoms with van der Waals surface area (Å²) in [5, 5.41) is 12.0. The van der Waals surface area contributed by atoms with E-state index in [4.69, 9.17) is 21.1 Å². The van der Waals surface area contributed by atoms with Gasteiger partial charge in [0.25, 0.3) is 0 Å². The van der Waals surface area contributed by atoms with Gasteiger partial charge in [0.15, 0.2) is 0 Å². The molecule has 3 atom stereocenters. The molecule has 0 aliphatic carbocycles. The Kier molecular flexibility index (Phi) is 7.60. The van der Waals surface area contributed by atoms with Crippen LogP contribution in [0.2, 0.25) is 0 Å². The summed E-state index contributed by atoms with van der Waals surface area (Å²) in [6, 6.07) is 7.99. The molecule has 102 valence electrons. The van der Waals surface area contributed by atoms with E-state index >= 15 is 0 Å². The van der Waals surface area contributed by atoms with Gasteiger partial charge in [0.1, 0.15) is 12.4 Å². The number of rotatable bonds is 8. The van der Waals surface area contributed by atoms with Crippen molar-refractivity contribution in [3.05, 3.63) is 29.8 Å². The van der Waals surface area contributed by atoms with Crippen LogP contribution in [0.15, 0.2) is 24.3 Å². The van der Waals surface area contributed by atoms with Gasteiger partial charge in [-0.15, -0.1) is 0 Å². The lowest BCUT2D eigenvalue weighted by atomic mass is 9.88. The molecule has 5 heteroatoms. The first kappa shape index (κ1) is 15.7. The molecular formula is C13H21ClNO2P. The number of aliphatic hydroxyl groups excluding tert-OH is 1. The number of ether oxygens (including phenoxy) is 1. The predicted octanol–water partition coefficient (Wildman–Crippen LogP) is 3.13. The first-order chi connectivity index (χ1) is 8.70. The predicted molar refractivity (Wildman–Crippen MR) is 78.8 cm³/mol. The van der Waals surface area contributed by atoms with E-state index < -0.39 is 0 Å². The van der Waals surface area contributed by atoms with E-state index in [9.17, 15) is 0 Å². The number of hydrogen-bond acceptors (Lipinski definition) is 3. The molecule has 0 aliphatic rings. The maximum absolute atomic E-state index is 8.83. The molecule has 3 unspecified atom stereocenters. The molecule has 0 saturated carbocycles. The van der Waals surface area contributed by atoms with Crippen molar-refractivity contribution in [1.29, 1.82) is 0 Å². The van der Waals surface area contributed by atoms with E-state index in [0.717, 1.165) is 12.3 Å². The molecule has 1 aromatic carbocycles. The van der Waals surface area contributed by atoms with E-state index in [2.05, 4.69) is 25.0 Å². The van der Waals surface area contributed by atoms with Crippen LogP contribution in [0.4, 0.5) is 0 Å². The standard InChI is InChI=1S/C13H21ClNO2P/c1-10(9-15-18-14)11(2)12-5-3-4-6-13(12)17-8-7-16/h3-6,10-11,15-16,18H,7-9H2,1-2H3. The highest BCUT2D eigenvalue weighted by Crippen LogP contribution is 2.31. The maximum Gasteiger partial charge on any atom is 0.122 e. The fraction of sp³-hybridized carbons (Fsp3) is 0.538. The van der Waals surface area contributed by atoms with Gasteiger partial charge < -0.3 is 9.84 Å². The first-order valence-corrected chi connectivity index (χ1v) is 8.13. The number of benzene rings is 1. The summed E-state index contributed by atoms with van der Waals surface area (Å²) >= 11 is 5.66. The van der Waals surface area contributed by atoms with Gasteiger partial charge in [-0.3, -0.25) is 5.09 Å². The van der Waals surface area contributed by atoms with Crippen molar-refractivity contribution in [2.45, 2.75) is 19.8 Å². The van der Waals surface area contributed by atoms with Crippen molar-refractivity contribution in [2.24, 2.45) is 5.92 Å². The minimum absolute atomic E-state index is 0.0349. The molecule has 0 aromatic heterocycles. The molecule has 0 bridgehead atoms. The van der Waals surface area contributed by atoms with E-state index in [1.165, 1.54) is 5.56 Å². The van der Waals surface area contributed by atoms with Crippen LogP contribution in [0, 0.1) is 5.92 Å². The van der Waals surface area contributed by atoms with E-state index in [1.54, 1.807) is 0 Å².